The molecule has 1 N–H and O–H groups in total. The van der Waals surface area contributed by atoms with Gasteiger partial charge in [0.25, 0.3) is 0 Å². The second-order valence-corrected chi connectivity index (χ2v) is 8.18. The molecule has 1 saturated heterocycles. The van der Waals surface area contributed by atoms with Crippen molar-refractivity contribution >= 4 is 29.9 Å². The van der Waals surface area contributed by atoms with Crippen molar-refractivity contribution in [3.8, 4) is 0 Å². The van der Waals surface area contributed by atoms with Crippen LogP contribution in [0.15, 0.2) is 27.8 Å². The molecule has 0 radical (unpaired) electrons. The van der Waals surface area contributed by atoms with Crippen LogP contribution in [0, 0.1) is 5.92 Å². The Labute approximate surface area is 199 Å². The van der Waals surface area contributed by atoms with Gasteiger partial charge in [-0.3, -0.25) is 4.99 Å². The molecule has 0 aromatic carbocycles. The Bertz CT molecular complexity index is 568. The van der Waals surface area contributed by atoms with Gasteiger partial charge in [0.1, 0.15) is 5.76 Å². The normalized spacial score (nSPS) is 18.6. The lowest BCUT2D eigenvalue weighted by Gasteiger charge is -2.34. The van der Waals surface area contributed by atoms with Gasteiger partial charge in [-0.25, -0.2) is 0 Å². The number of aliphatic imine (C=N–C) groups is 1. The fourth-order valence-electron chi connectivity index (χ4n) is 4.20. The van der Waals surface area contributed by atoms with Crippen LogP contribution in [0.5, 0.6) is 0 Å². The standard InChI is InChI=1S/C23H39N3O3.HI/c1-2-27-17-6-13-24-23(25-14-10-21-9-5-18-28-21)26-15-11-22(12-16-26)29-19-20-7-3-4-8-20;/h5,9,18,20,22H,2-4,6-8,10-17,19H2,1H3,(H,24,25);1H. The van der Waals surface area contributed by atoms with Crippen LogP contribution in [0.3, 0.4) is 0 Å². The van der Waals surface area contributed by atoms with E-state index in [1.165, 1.54) is 25.7 Å². The number of piperidine rings is 1. The van der Waals surface area contributed by atoms with Crippen LogP contribution in [0.25, 0.3) is 0 Å². The number of nitrogens with zero attached hydrogens (tertiary/aromatic N) is 2. The van der Waals surface area contributed by atoms with E-state index in [9.17, 15) is 0 Å². The highest BCUT2D eigenvalue weighted by Gasteiger charge is 2.24. The van der Waals surface area contributed by atoms with Crippen molar-refractivity contribution in [1.29, 1.82) is 0 Å². The second-order valence-electron chi connectivity index (χ2n) is 8.18. The lowest BCUT2D eigenvalue weighted by molar-refractivity contribution is 0.00100. The van der Waals surface area contributed by atoms with Crippen molar-refractivity contribution in [3.05, 3.63) is 24.2 Å². The summed E-state index contributed by atoms with van der Waals surface area (Å²) in [6, 6.07) is 3.96. The largest absolute Gasteiger partial charge is 0.469 e. The van der Waals surface area contributed by atoms with E-state index in [-0.39, 0.29) is 24.0 Å². The molecule has 1 aliphatic carbocycles. The summed E-state index contributed by atoms with van der Waals surface area (Å²) < 4.78 is 17.1. The topological polar surface area (TPSA) is 59.2 Å². The first-order valence-electron chi connectivity index (χ1n) is 11.6. The molecule has 6 nitrogen and oxygen atoms in total. The van der Waals surface area contributed by atoms with Crippen LogP contribution >= 0.6 is 24.0 Å². The molecule has 0 amide bonds. The summed E-state index contributed by atoms with van der Waals surface area (Å²) in [5, 5.41) is 3.54. The zero-order valence-corrected chi connectivity index (χ0v) is 20.9. The lowest BCUT2D eigenvalue weighted by Crippen LogP contribution is -2.47. The third-order valence-electron chi connectivity index (χ3n) is 5.93. The Morgan fingerprint density at radius 1 is 1.23 bits per heavy atom. The summed E-state index contributed by atoms with van der Waals surface area (Å²) in [6.07, 6.45) is 11.6. The molecule has 7 heteroatoms. The fraction of sp³-hybridized carbons (Fsp3) is 0.783. The van der Waals surface area contributed by atoms with Gasteiger partial charge in [-0.2, -0.15) is 0 Å². The summed E-state index contributed by atoms with van der Waals surface area (Å²) in [5.74, 6) is 2.83. The fourth-order valence-corrected chi connectivity index (χ4v) is 4.20. The van der Waals surface area contributed by atoms with Crippen molar-refractivity contribution < 1.29 is 13.9 Å². The predicted molar refractivity (Wildman–Crippen MR) is 132 cm³/mol. The average molecular weight is 533 g/mol. The molecular weight excluding hydrogens is 493 g/mol. The maximum Gasteiger partial charge on any atom is 0.193 e. The van der Waals surface area contributed by atoms with Crippen LogP contribution in [-0.4, -0.2) is 63.0 Å². The molecule has 0 bridgehead atoms. The minimum atomic E-state index is 0. The van der Waals surface area contributed by atoms with Gasteiger partial charge in [0.15, 0.2) is 5.96 Å². The summed E-state index contributed by atoms with van der Waals surface area (Å²) >= 11 is 0. The van der Waals surface area contributed by atoms with Crippen LogP contribution < -0.4 is 5.32 Å². The molecule has 172 valence electrons. The van der Waals surface area contributed by atoms with Gasteiger partial charge in [0.2, 0.25) is 0 Å². The zero-order valence-electron chi connectivity index (χ0n) is 18.5. The first-order chi connectivity index (χ1) is 14.3. The molecule has 2 heterocycles. The number of nitrogens with one attached hydrogen (secondary N) is 1. The summed E-state index contributed by atoms with van der Waals surface area (Å²) in [7, 11) is 0. The predicted octanol–water partition coefficient (Wildman–Crippen LogP) is 4.48. The van der Waals surface area contributed by atoms with Crippen molar-refractivity contribution in [3.63, 3.8) is 0 Å². The first-order valence-corrected chi connectivity index (χ1v) is 11.6. The van der Waals surface area contributed by atoms with Gasteiger partial charge < -0.3 is 24.1 Å². The molecule has 3 rings (SSSR count). The van der Waals surface area contributed by atoms with Gasteiger partial charge in [0.05, 0.1) is 12.4 Å². The van der Waals surface area contributed by atoms with E-state index in [0.29, 0.717) is 6.10 Å². The molecule has 1 aromatic rings. The molecule has 30 heavy (non-hydrogen) atoms. The second kappa shape index (κ2) is 15.1. The molecule has 1 saturated carbocycles. The SMILES string of the molecule is CCOCCCN=C(NCCc1ccco1)N1CCC(OCC2CCCC2)CC1.I. The Hall–Kier alpha value is -0.800. The third-order valence-corrected chi connectivity index (χ3v) is 5.93. The van der Waals surface area contributed by atoms with Crippen molar-refractivity contribution in [2.45, 2.75) is 64.4 Å². The van der Waals surface area contributed by atoms with E-state index >= 15 is 0 Å². The molecular formula is C23H40IN3O3. The van der Waals surface area contributed by atoms with Gasteiger partial charge in [-0.1, -0.05) is 12.8 Å². The van der Waals surface area contributed by atoms with E-state index in [0.717, 1.165) is 89.3 Å². The summed E-state index contributed by atoms with van der Waals surface area (Å²) in [5.41, 5.74) is 0. The van der Waals surface area contributed by atoms with Crippen molar-refractivity contribution in [1.82, 2.24) is 10.2 Å². The minimum Gasteiger partial charge on any atom is -0.469 e. The number of likely N-dealkylation sites (tertiary alicyclic amines) is 1. The molecule has 2 fully saturated rings. The molecule has 0 atom stereocenters. The number of rotatable bonds is 11. The molecule has 0 spiro atoms. The molecule has 1 aromatic heterocycles. The summed E-state index contributed by atoms with van der Waals surface area (Å²) in [6.45, 7) is 8.18. The van der Waals surface area contributed by atoms with Crippen LogP contribution in [-0.2, 0) is 15.9 Å². The molecule has 0 unspecified atom stereocenters. The number of hydrogen-bond acceptors (Lipinski definition) is 4. The van der Waals surface area contributed by atoms with Gasteiger partial charge in [-0.05, 0) is 57.1 Å². The number of guanidine groups is 1. The Kier molecular flexibility index (Phi) is 12.8. The van der Waals surface area contributed by atoms with Crippen LogP contribution in [0.2, 0.25) is 0 Å². The first kappa shape index (κ1) is 25.5. The van der Waals surface area contributed by atoms with Gasteiger partial charge in [-0.15, -0.1) is 24.0 Å². The highest BCUT2D eigenvalue weighted by atomic mass is 127. The van der Waals surface area contributed by atoms with E-state index in [1.54, 1.807) is 6.26 Å². The number of hydrogen-bond donors (Lipinski definition) is 1. The smallest absolute Gasteiger partial charge is 0.193 e. The maximum absolute atomic E-state index is 6.23. The van der Waals surface area contributed by atoms with Crippen molar-refractivity contribution in [2.75, 3.05) is 46.0 Å². The highest BCUT2D eigenvalue weighted by molar-refractivity contribution is 14.0. The van der Waals surface area contributed by atoms with E-state index in [2.05, 4.69) is 10.2 Å². The van der Waals surface area contributed by atoms with E-state index in [4.69, 9.17) is 18.9 Å². The van der Waals surface area contributed by atoms with E-state index < -0.39 is 0 Å². The zero-order chi connectivity index (χ0) is 20.2. The van der Waals surface area contributed by atoms with Crippen LogP contribution in [0.1, 0.15) is 57.6 Å². The average Bonchev–Trinajstić information content (AvgIpc) is 3.45. The third kappa shape index (κ3) is 9.14. The number of halogens is 1. The number of ether oxygens (including phenoxy) is 2. The monoisotopic (exact) mass is 533 g/mol. The van der Waals surface area contributed by atoms with E-state index in [1.807, 2.05) is 19.1 Å². The lowest BCUT2D eigenvalue weighted by atomic mass is 10.1. The highest BCUT2D eigenvalue weighted by Crippen LogP contribution is 2.26. The summed E-state index contributed by atoms with van der Waals surface area (Å²) in [4.78, 5) is 7.24. The van der Waals surface area contributed by atoms with Crippen LogP contribution in [0.4, 0.5) is 0 Å². The Morgan fingerprint density at radius 2 is 2.03 bits per heavy atom. The molecule has 2 aliphatic rings. The Morgan fingerprint density at radius 3 is 2.73 bits per heavy atom. The maximum atomic E-state index is 6.23. The quantitative estimate of drug-likeness (QED) is 0.197. The minimum absolute atomic E-state index is 0. The Balaban J connectivity index is 0.00000320. The molecule has 1 aliphatic heterocycles. The van der Waals surface area contributed by atoms with Crippen molar-refractivity contribution in [2.24, 2.45) is 10.9 Å². The van der Waals surface area contributed by atoms with Gasteiger partial charge >= 0.3 is 0 Å². The number of furan rings is 1. The van der Waals surface area contributed by atoms with Gasteiger partial charge in [0, 0.05) is 52.4 Å².